The Morgan fingerprint density at radius 2 is 1.95 bits per heavy atom. The molecule has 1 aromatic carbocycles. The molecule has 2 rings (SSSR count). The van der Waals surface area contributed by atoms with E-state index in [0.717, 1.165) is 18.4 Å². The Bertz CT molecular complexity index is 498. The van der Waals surface area contributed by atoms with Crippen LogP contribution in [0.3, 0.4) is 0 Å². The molecule has 108 valence electrons. The first kappa shape index (κ1) is 14.5. The van der Waals surface area contributed by atoms with Gasteiger partial charge in [-0.15, -0.1) is 0 Å². The van der Waals surface area contributed by atoms with Gasteiger partial charge in [-0.2, -0.15) is 0 Å². The van der Waals surface area contributed by atoms with Crippen molar-refractivity contribution in [1.29, 1.82) is 0 Å². The zero-order chi connectivity index (χ0) is 14.7. The molecule has 1 aromatic rings. The molecule has 5 heteroatoms. The van der Waals surface area contributed by atoms with Crippen molar-refractivity contribution in [2.24, 2.45) is 11.7 Å². The highest BCUT2D eigenvalue weighted by atomic mass is 16.4. The van der Waals surface area contributed by atoms with Crippen LogP contribution < -0.4 is 5.73 Å². The van der Waals surface area contributed by atoms with Crippen molar-refractivity contribution in [3.63, 3.8) is 0 Å². The van der Waals surface area contributed by atoms with Gasteiger partial charge in [-0.1, -0.05) is 12.1 Å². The average Bonchev–Trinajstić information content (AvgIpc) is 2.41. The number of carboxylic acid groups (broad SMARTS) is 1. The van der Waals surface area contributed by atoms with E-state index < -0.39 is 5.97 Å². The number of nitrogens with two attached hydrogens (primary N) is 1. The zero-order valence-corrected chi connectivity index (χ0v) is 11.6. The number of carbonyl (C=O) groups excluding carboxylic acids is 1. The van der Waals surface area contributed by atoms with Crippen molar-refractivity contribution in [2.45, 2.75) is 32.4 Å². The van der Waals surface area contributed by atoms with Gasteiger partial charge in [-0.25, -0.2) is 4.79 Å². The van der Waals surface area contributed by atoms with E-state index in [4.69, 9.17) is 10.8 Å². The van der Waals surface area contributed by atoms with Crippen LogP contribution in [0.5, 0.6) is 0 Å². The molecule has 0 radical (unpaired) electrons. The molecule has 1 fully saturated rings. The van der Waals surface area contributed by atoms with Crippen molar-refractivity contribution in [1.82, 2.24) is 4.90 Å². The molecule has 0 bridgehead atoms. The predicted octanol–water partition coefficient (Wildman–Crippen LogP) is 1.47. The Kier molecular flexibility index (Phi) is 4.39. The smallest absolute Gasteiger partial charge is 0.335 e. The van der Waals surface area contributed by atoms with Crippen LogP contribution >= 0.6 is 0 Å². The number of amides is 1. The Labute approximate surface area is 118 Å². The largest absolute Gasteiger partial charge is 0.478 e. The van der Waals surface area contributed by atoms with E-state index >= 15 is 0 Å². The molecule has 0 aromatic heterocycles. The van der Waals surface area contributed by atoms with Crippen LogP contribution in [0.25, 0.3) is 0 Å². The summed E-state index contributed by atoms with van der Waals surface area (Å²) in [6, 6.07) is 7.27. The van der Waals surface area contributed by atoms with Crippen molar-refractivity contribution < 1.29 is 14.7 Å². The van der Waals surface area contributed by atoms with Crippen molar-refractivity contribution in [3.8, 4) is 0 Å². The molecule has 1 amide bonds. The first-order valence-corrected chi connectivity index (χ1v) is 6.83. The fourth-order valence-corrected chi connectivity index (χ4v) is 2.62. The summed E-state index contributed by atoms with van der Waals surface area (Å²) < 4.78 is 0. The Hall–Kier alpha value is -1.88. The molecule has 1 aliphatic rings. The topological polar surface area (TPSA) is 83.6 Å². The fraction of sp³-hybridized carbons (Fsp3) is 0.467. The highest BCUT2D eigenvalue weighted by molar-refractivity contribution is 5.87. The Morgan fingerprint density at radius 3 is 2.50 bits per heavy atom. The molecule has 0 saturated carbocycles. The maximum absolute atomic E-state index is 11.3. The molecule has 1 heterocycles. The normalized spacial score (nSPS) is 23.4. The van der Waals surface area contributed by atoms with Gasteiger partial charge in [0.25, 0.3) is 0 Å². The van der Waals surface area contributed by atoms with Gasteiger partial charge >= 0.3 is 5.97 Å². The Morgan fingerprint density at radius 1 is 1.30 bits per heavy atom. The second-order valence-corrected chi connectivity index (χ2v) is 5.46. The summed E-state index contributed by atoms with van der Waals surface area (Å²) in [5, 5.41) is 8.87. The van der Waals surface area contributed by atoms with E-state index in [0.29, 0.717) is 19.1 Å². The first-order chi connectivity index (χ1) is 9.47. The van der Waals surface area contributed by atoms with Crippen LogP contribution in [0.15, 0.2) is 24.3 Å². The number of piperidine rings is 1. The summed E-state index contributed by atoms with van der Waals surface area (Å²) >= 11 is 0. The van der Waals surface area contributed by atoms with E-state index in [2.05, 4.69) is 11.8 Å². The number of carbonyl (C=O) groups is 2. The minimum absolute atomic E-state index is 0.0792. The Balaban J connectivity index is 2.03. The minimum Gasteiger partial charge on any atom is -0.478 e. The third kappa shape index (κ3) is 3.36. The lowest BCUT2D eigenvalue weighted by molar-refractivity contribution is -0.124. The standard InChI is InChI=1S/C15H20N2O3/c1-10-2-5-13(14(16)18)9-17(10)8-11-3-6-12(7-4-11)15(19)20/h3-4,6-7,10,13H,2,5,8-9H2,1H3,(H2,16,18)(H,19,20). The molecule has 1 saturated heterocycles. The quantitative estimate of drug-likeness (QED) is 0.872. The van der Waals surface area contributed by atoms with Gasteiger partial charge in [0.15, 0.2) is 0 Å². The van der Waals surface area contributed by atoms with Gasteiger partial charge < -0.3 is 10.8 Å². The third-order valence-corrected chi connectivity index (χ3v) is 4.00. The number of likely N-dealkylation sites (tertiary alicyclic amines) is 1. The van der Waals surface area contributed by atoms with Crippen molar-refractivity contribution in [2.75, 3.05) is 6.54 Å². The van der Waals surface area contributed by atoms with Crippen LogP contribution in [0.4, 0.5) is 0 Å². The number of carboxylic acids is 1. The highest BCUT2D eigenvalue weighted by Crippen LogP contribution is 2.23. The first-order valence-electron chi connectivity index (χ1n) is 6.83. The minimum atomic E-state index is -0.920. The van der Waals surface area contributed by atoms with Gasteiger partial charge in [0.1, 0.15) is 0 Å². The van der Waals surface area contributed by atoms with Crippen LogP contribution in [0.1, 0.15) is 35.7 Å². The molecule has 0 spiro atoms. The zero-order valence-electron chi connectivity index (χ0n) is 11.6. The lowest BCUT2D eigenvalue weighted by Gasteiger charge is -2.36. The fourth-order valence-electron chi connectivity index (χ4n) is 2.62. The molecule has 5 nitrogen and oxygen atoms in total. The summed E-state index contributed by atoms with van der Waals surface area (Å²) in [6.45, 7) is 3.53. The van der Waals surface area contributed by atoms with Crippen LogP contribution in [0, 0.1) is 5.92 Å². The molecular formula is C15H20N2O3. The summed E-state index contributed by atoms with van der Waals surface area (Å²) in [5.74, 6) is -1.23. The summed E-state index contributed by atoms with van der Waals surface area (Å²) in [4.78, 5) is 24.4. The van der Waals surface area contributed by atoms with Gasteiger partial charge in [0.05, 0.1) is 11.5 Å². The number of hydrogen-bond acceptors (Lipinski definition) is 3. The molecule has 2 atom stereocenters. The average molecular weight is 276 g/mol. The number of primary amides is 1. The predicted molar refractivity (Wildman–Crippen MR) is 75.2 cm³/mol. The molecule has 2 unspecified atom stereocenters. The van der Waals surface area contributed by atoms with E-state index in [1.807, 2.05) is 12.1 Å². The SMILES string of the molecule is CC1CCC(C(N)=O)CN1Cc1ccc(C(=O)O)cc1. The molecule has 0 aliphatic carbocycles. The summed E-state index contributed by atoms with van der Waals surface area (Å²) in [7, 11) is 0. The van der Waals surface area contributed by atoms with Gasteiger partial charge in [-0.05, 0) is 37.5 Å². The van der Waals surface area contributed by atoms with Gasteiger partial charge in [0, 0.05) is 19.1 Å². The lowest BCUT2D eigenvalue weighted by atomic mass is 9.92. The summed E-state index contributed by atoms with van der Waals surface area (Å²) in [5.41, 5.74) is 6.73. The number of benzene rings is 1. The molecular weight excluding hydrogens is 256 g/mol. The summed E-state index contributed by atoms with van der Waals surface area (Å²) in [6.07, 6.45) is 1.81. The number of hydrogen-bond donors (Lipinski definition) is 2. The van der Waals surface area contributed by atoms with Crippen LogP contribution in [0.2, 0.25) is 0 Å². The van der Waals surface area contributed by atoms with Crippen molar-refractivity contribution in [3.05, 3.63) is 35.4 Å². The van der Waals surface area contributed by atoms with Gasteiger partial charge in [0.2, 0.25) is 5.91 Å². The number of nitrogens with zero attached hydrogens (tertiary/aromatic N) is 1. The molecule has 3 N–H and O–H groups in total. The monoisotopic (exact) mass is 276 g/mol. The van der Waals surface area contributed by atoms with Gasteiger partial charge in [-0.3, -0.25) is 9.69 Å². The van der Waals surface area contributed by atoms with E-state index in [9.17, 15) is 9.59 Å². The van der Waals surface area contributed by atoms with E-state index in [-0.39, 0.29) is 17.4 Å². The van der Waals surface area contributed by atoms with Crippen LogP contribution in [-0.4, -0.2) is 34.5 Å². The maximum Gasteiger partial charge on any atom is 0.335 e. The van der Waals surface area contributed by atoms with Crippen LogP contribution in [-0.2, 0) is 11.3 Å². The second-order valence-electron chi connectivity index (χ2n) is 5.46. The van der Waals surface area contributed by atoms with E-state index in [1.165, 1.54) is 0 Å². The molecule has 1 aliphatic heterocycles. The van der Waals surface area contributed by atoms with E-state index in [1.54, 1.807) is 12.1 Å². The van der Waals surface area contributed by atoms with Crippen molar-refractivity contribution >= 4 is 11.9 Å². The number of aromatic carboxylic acids is 1. The highest BCUT2D eigenvalue weighted by Gasteiger charge is 2.28. The maximum atomic E-state index is 11.3. The third-order valence-electron chi connectivity index (χ3n) is 4.00. The lowest BCUT2D eigenvalue weighted by Crippen LogP contribution is -2.45. The number of rotatable bonds is 4. The molecule has 20 heavy (non-hydrogen) atoms. The second kappa shape index (κ2) is 6.05.